The molecule has 0 spiro atoms. The Labute approximate surface area is 199 Å². The summed E-state index contributed by atoms with van der Waals surface area (Å²) in [7, 11) is 1.39. The van der Waals surface area contributed by atoms with Gasteiger partial charge in [-0.25, -0.2) is 9.59 Å². The zero-order valence-electron chi connectivity index (χ0n) is 17.7. The number of hydrogen-bond acceptors (Lipinski definition) is 6. The van der Waals surface area contributed by atoms with Gasteiger partial charge in [-0.05, 0) is 48.0 Å². The fourth-order valence-corrected chi connectivity index (χ4v) is 3.14. The van der Waals surface area contributed by atoms with Crippen LogP contribution in [0.15, 0.2) is 72.3 Å². The minimum absolute atomic E-state index is 0.0465. The van der Waals surface area contributed by atoms with Gasteiger partial charge in [0, 0.05) is 0 Å². The van der Waals surface area contributed by atoms with Crippen LogP contribution in [0.3, 0.4) is 0 Å². The lowest BCUT2D eigenvalue weighted by molar-refractivity contribution is -0.112. The highest BCUT2D eigenvalue weighted by Crippen LogP contribution is 2.30. The molecule has 0 heterocycles. The van der Waals surface area contributed by atoms with E-state index in [1.54, 1.807) is 36.4 Å². The van der Waals surface area contributed by atoms with Crippen LogP contribution in [0.2, 0.25) is 5.02 Å². The van der Waals surface area contributed by atoms with Crippen molar-refractivity contribution in [1.82, 2.24) is 0 Å². The number of carboxylic acid groups (broad SMARTS) is 1. The number of methoxy groups -OCH3 is 1. The van der Waals surface area contributed by atoms with Crippen LogP contribution in [-0.2, 0) is 4.79 Å². The zero-order chi connectivity index (χ0) is 24.7. The molecule has 0 radical (unpaired) electrons. The fourth-order valence-electron chi connectivity index (χ4n) is 2.93. The fraction of sp³-hybridized carbons (Fsp3) is 0.0400. The monoisotopic (exact) mass is 476 g/mol. The first-order valence-electron chi connectivity index (χ1n) is 9.74. The number of esters is 1. The second-order valence-corrected chi connectivity index (χ2v) is 7.16. The first kappa shape index (κ1) is 24.0. The Morgan fingerprint density at radius 3 is 2.32 bits per heavy atom. The molecular weight excluding hydrogens is 460 g/mol. The molecule has 2 N–H and O–H groups in total. The summed E-state index contributed by atoms with van der Waals surface area (Å²) in [4.78, 5) is 36.5. The molecule has 0 bridgehead atoms. The van der Waals surface area contributed by atoms with Crippen LogP contribution in [0, 0.1) is 11.3 Å². The van der Waals surface area contributed by atoms with E-state index in [9.17, 15) is 24.8 Å². The Hall–Kier alpha value is -4.61. The van der Waals surface area contributed by atoms with E-state index in [0.29, 0.717) is 5.56 Å². The van der Waals surface area contributed by atoms with Gasteiger partial charge in [-0.1, -0.05) is 41.9 Å². The molecule has 0 unspecified atom stereocenters. The third-order valence-electron chi connectivity index (χ3n) is 4.57. The highest BCUT2D eigenvalue weighted by Gasteiger charge is 2.17. The molecule has 0 saturated heterocycles. The number of nitriles is 1. The lowest BCUT2D eigenvalue weighted by atomic mass is 10.1. The third kappa shape index (κ3) is 5.59. The molecule has 3 rings (SSSR count). The van der Waals surface area contributed by atoms with Gasteiger partial charge in [0.15, 0.2) is 11.5 Å². The van der Waals surface area contributed by atoms with Crippen molar-refractivity contribution in [2.24, 2.45) is 0 Å². The van der Waals surface area contributed by atoms with Gasteiger partial charge in [0.05, 0.1) is 28.9 Å². The summed E-state index contributed by atoms with van der Waals surface area (Å²) in [6.07, 6.45) is 1.27. The molecule has 8 nitrogen and oxygen atoms in total. The molecule has 0 aliphatic carbocycles. The van der Waals surface area contributed by atoms with Gasteiger partial charge in [0.2, 0.25) is 0 Å². The van der Waals surface area contributed by atoms with E-state index in [4.69, 9.17) is 21.1 Å². The van der Waals surface area contributed by atoms with Crippen molar-refractivity contribution in [3.8, 4) is 17.6 Å². The number of nitrogens with one attached hydrogen (secondary N) is 1. The molecule has 0 fully saturated rings. The Kier molecular flexibility index (Phi) is 7.64. The standard InChI is InChI=1S/C25H17ClN2O6/c1-33-21-11-10-15(13-22(21)34-25(32)17-6-2-4-8-19(17)26)12-16(14-27)23(29)28-20-9-5-3-7-18(20)24(30)31/h2-13H,1H3,(H,28,29)(H,30,31). The molecule has 1 amide bonds. The van der Waals surface area contributed by atoms with Gasteiger partial charge in [-0.3, -0.25) is 4.79 Å². The SMILES string of the molecule is COc1ccc(C=C(C#N)C(=O)Nc2ccccc2C(=O)O)cc1OC(=O)c1ccccc1Cl. The lowest BCUT2D eigenvalue weighted by Gasteiger charge is -2.11. The Morgan fingerprint density at radius 2 is 1.68 bits per heavy atom. The van der Waals surface area contributed by atoms with Gasteiger partial charge < -0.3 is 19.9 Å². The summed E-state index contributed by atoms with van der Waals surface area (Å²) in [5.74, 6) is -2.44. The number of nitrogens with zero attached hydrogens (tertiary/aromatic N) is 1. The predicted molar refractivity (Wildman–Crippen MR) is 125 cm³/mol. The number of carbonyl (C=O) groups excluding carboxylic acids is 2. The normalized spacial score (nSPS) is 10.7. The quantitative estimate of drug-likeness (QED) is 0.217. The van der Waals surface area contributed by atoms with Gasteiger partial charge in [-0.15, -0.1) is 0 Å². The van der Waals surface area contributed by atoms with Gasteiger partial charge in [0.25, 0.3) is 5.91 Å². The summed E-state index contributed by atoms with van der Waals surface area (Å²) in [6.45, 7) is 0. The second kappa shape index (κ2) is 10.8. The number of ether oxygens (including phenoxy) is 2. The Bertz CT molecular complexity index is 1340. The van der Waals surface area contributed by atoms with Gasteiger partial charge >= 0.3 is 11.9 Å². The van der Waals surface area contributed by atoms with E-state index in [-0.39, 0.29) is 38.9 Å². The lowest BCUT2D eigenvalue weighted by Crippen LogP contribution is -2.16. The van der Waals surface area contributed by atoms with Crippen LogP contribution in [0.5, 0.6) is 11.5 Å². The third-order valence-corrected chi connectivity index (χ3v) is 4.90. The van der Waals surface area contributed by atoms with Crippen LogP contribution in [-0.4, -0.2) is 30.1 Å². The van der Waals surface area contributed by atoms with E-state index < -0.39 is 17.8 Å². The molecular formula is C25H17ClN2O6. The first-order chi connectivity index (χ1) is 16.3. The van der Waals surface area contributed by atoms with Crippen LogP contribution in [0.1, 0.15) is 26.3 Å². The molecule has 0 saturated carbocycles. The predicted octanol–water partition coefficient (Wildman–Crippen LogP) is 4.81. The number of anilines is 1. The first-order valence-corrected chi connectivity index (χ1v) is 10.1. The van der Waals surface area contributed by atoms with Gasteiger partial charge in [0.1, 0.15) is 11.6 Å². The molecule has 0 atom stereocenters. The minimum Gasteiger partial charge on any atom is -0.493 e. The number of benzene rings is 3. The summed E-state index contributed by atoms with van der Waals surface area (Å²) in [6, 6.07) is 18.5. The van der Waals surface area contributed by atoms with E-state index in [0.717, 1.165) is 0 Å². The number of carboxylic acids is 1. The smallest absolute Gasteiger partial charge is 0.345 e. The maximum absolute atomic E-state index is 12.6. The average molecular weight is 477 g/mol. The maximum Gasteiger partial charge on any atom is 0.345 e. The number of para-hydroxylation sites is 1. The van der Waals surface area contributed by atoms with Crippen molar-refractivity contribution in [3.05, 3.63) is 94.0 Å². The number of amides is 1. The molecule has 3 aromatic rings. The number of carbonyl (C=O) groups is 3. The molecule has 170 valence electrons. The average Bonchev–Trinajstić information content (AvgIpc) is 2.83. The van der Waals surface area contributed by atoms with Crippen molar-refractivity contribution in [3.63, 3.8) is 0 Å². The number of hydrogen-bond donors (Lipinski definition) is 2. The van der Waals surface area contributed by atoms with Crippen LogP contribution in [0.4, 0.5) is 5.69 Å². The summed E-state index contributed by atoms with van der Waals surface area (Å²) in [5.41, 5.74) is 0.146. The van der Waals surface area contributed by atoms with E-state index >= 15 is 0 Å². The van der Waals surface area contributed by atoms with E-state index in [1.165, 1.54) is 49.6 Å². The summed E-state index contributed by atoms with van der Waals surface area (Å²) in [5, 5.41) is 21.4. The maximum atomic E-state index is 12.6. The van der Waals surface area contributed by atoms with Gasteiger partial charge in [-0.2, -0.15) is 5.26 Å². The van der Waals surface area contributed by atoms with E-state index in [2.05, 4.69) is 5.32 Å². The molecule has 34 heavy (non-hydrogen) atoms. The number of aromatic carboxylic acids is 1. The molecule has 3 aromatic carbocycles. The minimum atomic E-state index is -1.22. The Morgan fingerprint density at radius 1 is 1.00 bits per heavy atom. The molecule has 0 aliphatic rings. The largest absolute Gasteiger partial charge is 0.493 e. The van der Waals surface area contributed by atoms with Crippen molar-refractivity contribution in [2.75, 3.05) is 12.4 Å². The number of rotatable bonds is 7. The zero-order valence-corrected chi connectivity index (χ0v) is 18.5. The summed E-state index contributed by atoms with van der Waals surface area (Å²) >= 11 is 6.05. The van der Waals surface area contributed by atoms with Crippen LogP contribution in [0.25, 0.3) is 6.08 Å². The molecule has 0 aromatic heterocycles. The number of halogens is 1. The van der Waals surface area contributed by atoms with Crippen molar-refractivity contribution in [2.45, 2.75) is 0 Å². The van der Waals surface area contributed by atoms with E-state index in [1.807, 2.05) is 0 Å². The molecule has 9 heteroatoms. The highest BCUT2D eigenvalue weighted by molar-refractivity contribution is 6.33. The topological polar surface area (TPSA) is 126 Å². The van der Waals surface area contributed by atoms with Crippen LogP contribution < -0.4 is 14.8 Å². The Balaban J connectivity index is 1.89. The molecule has 0 aliphatic heterocycles. The van der Waals surface area contributed by atoms with Crippen molar-refractivity contribution >= 4 is 41.2 Å². The van der Waals surface area contributed by atoms with Crippen molar-refractivity contribution < 1.29 is 29.0 Å². The summed E-state index contributed by atoms with van der Waals surface area (Å²) < 4.78 is 10.7. The second-order valence-electron chi connectivity index (χ2n) is 6.75. The van der Waals surface area contributed by atoms with Crippen LogP contribution >= 0.6 is 11.6 Å². The highest BCUT2D eigenvalue weighted by atomic mass is 35.5. The van der Waals surface area contributed by atoms with Crippen molar-refractivity contribution in [1.29, 1.82) is 5.26 Å².